The number of amides is 1. The number of halogens is 1. The predicted molar refractivity (Wildman–Crippen MR) is 114 cm³/mol. The van der Waals surface area contributed by atoms with Crippen molar-refractivity contribution >= 4 is 46.7 Å². The van der Waals surface area contributed by atoms with Crippen molar-refractivity contribution in [3.8, 4) is 0 Å². The SMILES string of the molecule is O=C(Nc1cccc(C2SCCCS2)c1)C1(c2cccc(Cl)c2)CCC1. The van der Waals surface area contributed by atoms with Gasteiger partial charge in [-0.2, -0.15) is 0 Å². The van der Waals surface area contributed by atoms with Crippen molar-refractivity contribution < 1.29 is 4.79 Å². The highest BCUT2D eigenvalue weighted by Gasteiger charge is 2.45. The van der Waals surface area contributed by atoms with E-state index in [9.17, 15) is 4.79 Å². The largest absolute Gasteiger partial charge is 0.325 e. The first-order valence-electron chi connectivity index (χ1n) is 9.08. The minimum atomic E-state index is -0.435. The molecule has 2 fully saturated rings. The summed E-state index contributed by atoms with van der Waals surface area (Å²) in [5, 5.41) is 3.87. The Morgan fingerprint density at radius 3 is 2.50 bits per heavy atom. The standard InChI is InChI=1S/C21H22ClNOS2/c22-17-7-2-6-16(14-17)21(9-3-10-21)20(24)23-18-8-1-5-15(13-18)19-25-11-4-12-26-19/h1-2,5-8,13-14,19H,3-4,9-12H2,(H,23,24). The van der Waals surface area contributed by atoms with E-state index in [0.29, 0.717) is 9.60 Å². The molecule has 1 amide bonds. The summed E-state index contributed by atoms with van der Waals surface area (Å²) in [6, 6.07) is 16.1. The topological polar surface area (TPSA) is 29.1 Å². The Morgan fingerprint density at radius 1 is 1.04 bits per heavy atom. The number of hydrogen-bond acceptors (Lipinski definition) is 3. The van der Waals surface area contributed by atoms with Crippen LogP contribution in [0.15, 0.2) is 48.5 Å². The number of benzene rings is 2. The Labute approximate surface area is 168 Å². The summed E-state index contributed by atoms with van der Waals surface area (Å²) in [5.41, 5.74) is 2.79. The van der Waals surface area contributed by atoms with Gasteiger partial charge >= 0.3 is 0 Å². The molecule has 1 saturated carbocycles. The molecule has 2 aliphatic rings. The lowest BCUT2D eigenvalue weighted by atomic mass is 9.64. The summed E-state index contributed by atoms with van der Waals surface area (Å²) in [5.74, 6) is 2.52. The molecule has 2 aromatic carbocycles. The summed E-state index contributed by atoms with van der Waals surface area (Å²) in [6.45, 7) is 0. The van der Waals surface area contributed by atoms with Crippen molar-refractivity contribution in [1.82, 2.24) is 0 Å². The maximum Gasteiger partial charge on any atom is 0.235 e. The number of thioether (sulfide) groups is 2. The average Bonchev–Trinajstić information content (AvgIpc) is 2.62. The van der Waals surface area contributed by atoms with Gasteiger partial charge in [-0.15, -0.1) is 23.5 Å². The summed E-state index contributed by atoms with van der Waals surface area (Å²) >= 11 is 10.2. The molecule has 1 N–H and O–H groups in total. The Bertz CT molecular complexity index is 800. The number of nitrogens with one attached hydrogen (secondary N) is 1. The van der Waals surface area contributed by atoms with Gasteiger partial charge in [0.15, 0.2) is 0 Å². The second-order valence-corrected chi connectivity index (χ2v) is 10.1. The van der Waals surface area contributed by atoms with Crippen molar-refractivity contribution in [2.24, 2.45) is 0 Å². The van der Waals surface area contributed by atoms with Crippen LogP contribution in [0.4, 0.5) is 5.69 Å². The second-order valence-electron chi connectivity index (χ2n) is 6.95. The summed E-state index contributed by atoms with van der Waals surface area (Å²) < 4.78 is 0.478. The van der Waals surface area contributed by atoms with Crippen LogP contribution in [0.5, 0.6) is 0 Å². The first-order valence-corrected chi connectivity index (χ1v) is 11.6. The van der Waals surface area contributed by atoms with Gasteiger partial charge in [-0.25, -0.2) is 0 Å². The molecule has 0 unspecified atom stereocenters. The maximum absolute atomic E-state index is 13.2. The third kappa shape index (κ3) is 3.64. The van der Waals surface area contributed by atoms with E-state index < -0.39 is 5.41 Å². The van der Waals surface area contributed by atoms with Crippen molar-refractivity contribution in [1.29, 1.82) is 0 Å². The van der Waals surface area contributed by atoms with E-state index in [1.807, 2.05) is 59.9 Å². The highest BCUT2D eigenvalue weighted by Crippen LogP contribution is 2.46. The molecule has 136 valence electrons. The zero-order valence-electron chi connectivity index (χ0n) is 14.5. The fourth-order valence-corrected chi connectivity index (χ4v) is 6.72. The Kier molecular flexibility index (Phi) is 5.53. The first-order chi connectivity index (χ1) is 12.7. The zero-order valence-corrected chi connectivity index (χ0v) is 16.9. The van der Waals surface area contributed by atoms with Crippen LogP contribution in [-0.2, 0) is 10.2 Å². The van der Waals surface area contributed by atoms with Gasteiger partial charge in [0, 0.05) is 10.7 Å². The minimum Gasteiger partial charge on any atom is -0.325 e. The van der Waals surface area contributed by atoms with Crippen molar-refractivity contribution in [3.63, 3.8) is 0 Å². The van der Waals surface area contributed by atoms with Crippen LogP contribution >= 0.6 is 35.1 Å². The molecular weight excluding hydrogens is 382 g/mol. The van der Waals surface area contributed by atoms with Crippen LogP contribution in [0.25, 0.3) is 0 Å². The zero-order chi connectivity index (χ0) is 18.0. The van der Waals surface area contributed by atoms with Gasteiger partial charge in [0.1, 0.15) is 0 Å². The maximum atomic E-state index is 13.2. The number of anilines is 1. The smallest absolute Gasteiger partial charge is 0.235 e. The van der Waals surface area contributed by atoms with Gasteiger partial charge in [0.25, 0.3) is 0 Å². The molecule has 0 spiro atoms. The van der Waals surface area contributed by atoms with Crippen LogP contribution in [0.2, 0.25) is 5.02 Å². The molecule has 2 nitrogen and oxygen atoms in total. The molecule has 1 saturated heterocycles. The highest BCUT2D eigenvalue weighted by atomic mass is 35.5. The quantitative estimate of drug-likeness (QED) is 0.652. The number of hydrogen-bond donors (Lipinski definition) is 1. The molecule has 4 rings (SSSR count). The van der Waals surface area contributed by atoms with Crippen LogP contribution in [0.3, 0.4) is 0 Å². The predicted octanol–water partition coefficient (Wildman–Crippen LogP) is 6.27. The van der Waals surface area contributed by atoms with E-state index >= 15 is 0 Å². The lowest BCUT2D eigenvalue weighted by molar-refractivity contribution is -0.124. The molecule has 0 aromatic heterocycles. The Morgan fingerprint density at radius 2 is 1.81 bits per heavy atom. The van der Waals surface area contributed by atoms with Gasteiger partial charge in [-0.3, -0.25) is 4.79 Å². The van der Waals surface area contributed by atoms with E-state index in [-0.39, 0.29) is 5.91 Å². The second kappa shape index (κ2) is 7.87. The summed E-state index contributed by atoms with van der Waals surface area (Å²) in [4.78, 5) is 13.2. The van der Waals surface area contributed by atoms with E-state index in [4.69, 9.17) is 11.6 Å². The number of carbonyl (C=O) groups excluding carboxylic acids is 1. The monoisotopic (exact) mass is 403 g/mol. The summed E-state index contributed by atoms with van der Waals surface area (Å²) in [6.07, 6.45) is 4.13. The minimum absolute atomic E-state index is 0.0899. The molecule has 1 aliphatic carbocycles. The first kappa shape index (κ1) is 18.3. The fourth-order valence-electron chi connectivity index (χ4n) is 3.66. The summed E-state index contributed by atoms with van der Waals surface area (Å²) in [7, 11) is 0. The van der Waals surface area contributed by atoms with Gasteiger partial charge in [0.05, 0.1) is 10.00 Å². The molecule has 1 aliphatic heterocycles. The molecule has 26 heavy (non-hydrogen) atoms. The number of rotatable bonds is 4. The Hall–Kier alpha value is -1.10. The van der Waals surface area contributed by atoms with Gasteiger partial charge < -0.3 is 5.32 Å². The number of carbonyl (C=O) groups is 1. The van der Waals surface area contributed by atoms with E-state index in [2.05, 4.69) is 17.4 Å². The van der Waals surface area contributed by atoms with Crippen LogP contribution in [0, 0.1) is 0 Å². The van der Waals surface area contributed by atoms with Crippen LogP contribution in [-0.4, -0.2) is 17.4 Å². The molecule has 1 heterocycles. The lowest BCUT2D eigenvalue weighted by Gasteiger charge is -2.40. The van der Waals surface area contributed by atoms with Gasteiger partial charge in [0.2, 0.25) is 5.91 Å². The molecule has 0 atom stereocenters. The van der Waals surface area contributed by atoms with Gasteiger partial charge in [-0.1, -0.05) is 42.3 Å². The fraction of sp³-hybridized carbons (Fsp3) is 0.381. The van der Waals surface area contributed by atoms with Crippen molar-refractivity contribution in [3.05, 3.63) is 64.7 Å². The highest BCUT2D eigenvalue weighted by molar-refractivity contribution is 8.16. The van der Waals surface area contributed by atoms with Gasteiger partial charge in [-0.05, 0) is 66.2 Å². The molecule has 2 aromatic rings. The van der Waals surface area contributed by atoms with E-state index in [1.165, 1.54) is 23.5 Å². The Balaban J connectivity index is 1.54. The lowest BCUT2D eigenvalue weighted by Crippen LogP contribution is -2.46. The third-order valence-corrected chi connectivity index (χ3v) is 8.51. The normalized spacial score (nSPS) is 19.6. The average molecular weight is 404 g/mol. The molecule has 0 bridgehead atoms. The van der Waals surface area contributed by atoms with Crippen molar-refractivity contribution in [2.75, 3.05) is 16.8 Å². The third-order valence-electron chi connectivity index (χ3n) is 5.26. The van der Waals surface area contributed by atoms with Crippen molar-refractivity contribution in [2.45, 2.75) is 35.7 Å². The van der Waals surface area contributed by atoms with Crippen LogP contribution in [0.1, 0.15) is 41.4 Å². The van der Waals surface area contributed by atoms with Crippen LogP contribution < -0.4 is 5.32 Å². The van der Waals surface area contributed by atoms with E-state index in [1.54, 1.807) is 0 Å². The van der Waals surface area contributed by atoms with E-state index in [0.717, 1.165) is 30.5 Å². The molecule has 5 heteroatoms. The molecular formula is C21H22ClNOS2. The molecule has 0 radical (unpaired) electrons.